The van der Waals surface area contributed by atoms with Gasteiger partial charge in [-0.15, -0.1) is 0 Å². The van der Waals surface area contributed by atoms with Crippen molar-refractivity contribution in [3.8, 4) is 11.6 Å². The van der Waals surface area contributed by atoms with Crippen molar-refractivity contribution in [2.24, 2.45) is 0 Å². The second-order valence-corrected chi connectivity index (χ2v) is 9.40. The summed E-state index contributed by atoms with van der Waals surface area (Å²) in [5.74, 6) is -1.41. The van der Waals surface area contributed by atoms with Crippen LogP contribution in [0.1, 0.15) is 5.56 Å². The van der Waals surface area contributed by atoms with Gasteiger partial charge in [0.15, 0.2) is 4.32 Å². The number of thiocarbonyl (C=S) groups is 1. The Morgan fingerprint density at radius 2 is 1.97 bits per heavy atom. The molecule has 4 aromatic rings. The van der Waals surface area contributed by atoms with Crippen molar-refractivity contribution < 1.29 is 18.8 Å². The highest BCUT2D eigenvalue weighted by molar-refractivity contribution is 8.27. The van der Waals surface area contributed by atoms with E-state index in [1.54, 1.807) is 24.3 Å². The number of fused-ring (bicyclic) bond motifs is 1. The second-order valence-electron chi connectivity index (χ2n) is 7.39. The zero-order valence-electron chi connectivity index (χ0n) is 17.9. The molecule has 0 radical (unpaired) electrons. The lowest BCUT2D eigenvalue weighted by molar-refractivity contribution is -0.384. The van der Waals surface area contributed by atoms with E-state index in [9.17, 15) is 19.3 Å². The number of benzene rings is 3. The van der Waals surface area contributed by atoms with E-state index >= 15 is 0 Å². The lowest BCUT2D eigenvalue weighted by Crippen LogP contribution is -2.27. The van der Waals surface area contributed by atoms with E-state index in [2.05, 4.69) is 9.97 Å². The van der Waals surface area contributed by atoms with Crippen molar-refractivity contribution >= 4 is 74.0 Å². The highest BCUT2D eigenvalue weighted by Crippen LogP contribution is 2.40. The second kappa shape index (κ2) is 9.61. The number of rotatable bonds is 5. The lowest BCUT2D eigenvalue weighted by Gasteiger charge is -2.14. The Balaban J connectivity index is 1.60. The molecule has 0 saturated carbocycles. The molecule has 1 aliphatic rings. The first-order valence-corrected chi connectivity index (χ1v) is 11.8. The molecule has 0 spiro atoms. The molecule has 178 valence electrons. The van der Waals surface area contributed by atoms with E-state index in [0.29, 0.717) is 5.56 Å². The van der Waals surface area contributed by atoms with Crippen LogP contribution in [0.5, 0.6) is 11.6 Å². The molecule has 1 saturated heterocycles. The Hall–Kier alpha value is -3.93. The van der Waals surface area contributed by atoms with E-state index in [0.717, 1.165) is 28.7 Å². The smallest absolute Gasteiger partial charge is 0.271 e. The average molecular weight is 539 g/mol. The maximum Gasteiger partial charge on any atom is 0.271 e. The highest BCUT2D eigenvalue weighted by atomic mass is 35.5. The quantitative estimate of drug-likeness (QED) is 0.0929. The monoisotopic (exact) mass is 538 g/mol. The molecular weight excluding hydrogens is 527 g/mol. The van der Waals surface area contributed by atoms with Crippen LogP contribution in [0, 0.1) is 15.9 Å². The molecule has 1 aliphatic heterocycles. The molecule has 1 fully saturated rings. The predicted molar refractivity (Wildman–Crippen MR) is 140 cm³/mol. The maximum atomic E-state index is 14.3. The van der Waals surface area contributed by atoms with E-state index in [1.165, 1.54) is 23.1 Å². The summed E-state index contributed by atoms with van der Waals surface area (Å²) >= 11 is 12.3. The van der Waals surface area contributed by atoms with Crippen molar-refractivity contribution in [3.63, 3.8) is 0 Å². The Kier molecular flexibility index (Phi) is 6.35. The van der Waals surface area contributed by atoms with Crippen molar-refractivity contribution in [1.82, 2.24) is 9.97 Å². The lowest BCUT2D eigenvalue weighted by atomic mass is 10.0. The number of anilines is 1. The first-order chi connectivity index (χ1) is 17.3. The van der Waals surface area contributed by atoms with Gasteiger partial charge in [0.1, 0.15) is 5.75 Å². The van der Waals surface area contributed by atoms with Crippen LogP contribution in [0.15, 0.2) is 71.8 Å². The fourth-order valence-electron chi connectivity index (χ4n) is 3.59. The summed E-state index contributed by atoms with van der Waals surface area (Å²) < 4.78 is 20.3. The Morgan fingerprint density at radius 3 is 2.78 bits per heavy atom. The number of aromatic nitrogens is 2. The van der Waals surface area contributed by atoms with Crippen LogP contribution in [-0.2, 0) is 4.79 Å². The average Bonchev–Trinajstić information content (AvgIpc) is 3.15. The van der Waals surface area contributed by atoms with Gasteiger partial charge in [-0.3, -0.25) is 19.8 Å². The van der Waals surface area contributed by atoms with E-state index < -0.39 is 16.6 Å². The van der Waals surface area contributed by atoms with Gasteiger partial charge in [0.05, 0.1) is 21.7 Å². The van der Waals surface area contributed by atoms with E-state index in [4.69, 9.17) is 28.6 Å². The van der Waals surface area contributed by atoms with Crippen LogP contribution in [0.2, 0.25) is 5.28 Å². The summed E-state index contributed by atoms with van der Waals surface area (Å²) in [5.41, 5.74) is 0.602. The van der Waals surface area contributed by atoms with Crippen molar-refractivity contribution in [2.75, 3.05) is 4.90 Å². The number of amides is 1. The van der Waals surface area contributed by atoms with Crippen LogP contribution < -0.4 is 9.64 Å². The molecule has 0 atom stereocenters. The number of halogens is 2. The molecule has 12 heteroatoms. The number of nitro benzene ring substituents is 1. The summed E-state index contributed by atoms with van der Waals surface area (Å²) in [6, 6.07) is 16.5. The van der Waals surface area contributed by atoms with Crippen molar-refractivity contribution in [1.29, 1.82) is 0 Å². The third-order valence-corrected chi connectivity index (χ3v) is 6.67. The normalized spacial score (nSPS) is 14.6. The van der Waals surface area contributed by atoms with Gasteiger partial charge in [0, 0.05) is 17.7 Å². The number of nitrogens with zero attached hydrogens (tertiary/aromatic N) is 4. The number of ether oxygens (including phenoxy) is 1. The summed E-state index contributed by atoms with van der Waals surface area (Å²) in [4.78, 5) is 32.9. The zero-order valence-corrected chi connectivity index (χ0v) is 20.3. The molecule has 1 amide bonds. The summed E-state index contributed by atoms with van der Waals surface area (Å²) in [6.07, 6.45) is 2.49. The molecular formula is C24H12ClFN4O4S2. The van der Waals surface area contributed by atoms with Crippen LogP contribution in [0.3, 0.4) is 0 Å². The third-order valence-electron chi connectivity index (χ3n) is 5.19. The minimum atomic E-state index is -0.810. The van der Waals surface area contributed by atoms with Gasteiger partial charge in [0.25, 0.3) is 17.5 Å². The minimum absolute atomic E-state index is 0.166. The number of non-ortho nitro benzene ring substituents is 1. The zero-order chi connectivity index (χ0) is 25.4. The number of nitro groups is 1. The standard InChI is InChI=1S/C24H12ClFN4O4S2/c25-23-27-12-18(26)21(28-23)34-19-9-8-13-4-1-2-7-16(13)17(19)11-20-22(31)29(24(35)36-20)14-5-3-6-15(10-14)30(32)33/h1-12H/b20-11-. The topological polar surface area (TPSA) is 98.5 Å². The van der Waals surface area contributed by atoms with Crippen molar-refractivity contribution in [2.45, 2.75) is 0 Å². The minimum Gasteiger partial charge on any atom is -0.436 e. The molecule has 0 aliphatic carbocycles. The van der Waals surface area contributed by atoms with Gasteiger partial charge in [-0.1, -0.05) is 60.4 Å². The number of hydrogen-bond donors (Lipinski definition) is 0. The summed E-state index contributed by atoms with van der Waals surface area (Å²) in [6.45, 7) is 0. The largest absolute Gasteiger partial charge is 0.436 e. The maximum absolute atomic E-state index is 14.3. The summed E-state index contributed by atoms with van der Waals surface area (Å²) in [5, 5.41) is 12.6. The van der Waals surface area contributed by atoms with Crippen LogP contribution in [0.25, 0.3) is 16.8 Å². The van der Waals surface area contributed by atoms with Crippen LogP contribution >= 0.6 is 35.6 Å². The molecule has 36 heavy (non-hydrogen) atoms. The fraction of sp³-hybridized carbons (Fsp3) is 0. The van der Waals surface area contributed by atoms with Crippen LogP contribution in [-0.4, -0.2) is 25.1 Å². The number of hydrogen-bond acceptors (Lipinski definition) is 8. The molecule has 1 aromatic heterocycles. The Morgan fingerprint density at radius 1 is 1.17 bits per heavy atom. The van der Waals surface area contributed by atoms with Crippen LogP contribution in [0.4, 0.5) is 15.8 Å². The number of carbonyl (C=O) groups is 1. The van der Waals surface area contributed by atoms with Gasteiger partial charge in [-0.05, 0) is 40.6 Å². The van der Waals surface area contributed by atoms with Crippen molar-refractivity contribution in [3.05, 3.63) is 98.5 Å². The number of thioether (sulfide) groups is 1. The first-order valence-electron chi connectivity index (χ1n) is 10.2. The van der Waals surface area contributed by atoms with Gasteiger partial charge in [-0.25, -0.2) is 4.98 Å². The molecule has 0 N–H and O–H groups in total. The van der Waals surface area contributed by atoms with Gasteiger partial charge < -0.3 is 4.74 Å². The predicted octanol–water partition coefficient (Wildman–Crippen LogP) is 6.53. The molecule has 8 nitrogen and oxygen atoms in total. The molecule has 5 rings (SSSR count). The molecule has 0 bridgehead atoms. The SMILES string of the molecule is O=C1/C(=C/c2c(Oc3nc(Cl)ncc3F)ccc3ccccc23)SC(=S)N1c1cccc([N+](=O)[O-])c1. The molecule has 3 aromatic carbocycles. The molecule has 0 unspecified atom stereocenters. The highest BCUT2D eigenvalue weighted by Gasteiger charge is 2.34. The molecule has 2 heterocycles. The fourth-order valence-corrected chi connectivity index (χ4v) is 4.99. The van der Waals surface area contributed by atoms with Gasteiger partial charge >= 0.3 is 0 Å². The first kappa shape index (κ1) is 23.8. The van der Waals surface area contributed by atoms with Gasteiger partial charge in [0.2, 0.25) is 11.1 Å². The summed E-state index contributed by atoms with van der Waals surface area (Å²) in [7, 11) is 0. The third kappa shape index (κ3) is 4.51. The Labute approximate surface area is 217 Å². The van der Waals surface area contributed by atoms with E-state index in [1.807, 2.05) is 24.3 Å². The Bertz CT molecular complexity index is 1610. The van der Waals surface area contributed by atoms with E-state index in [-0.39, 0.29) is 37.5 Å². The van der Waals surface area contributed by atoms with Gasteiger partial charge in [-0.2, -0.15) is 9.37 Å². The number of carbonyl (C=O) groups excluding carboxylic acids is 1.